The van der Waals surface area contributed by atoms with Crippen molar-refractivity contribution in [1.82, 2.24) is 5.32 Å². The van der Waals surface area contributed by atoms with E-state index in [2.05, 4.69) is 11.4 Å². The Morgan fingerprint density at radius 3 is 2.53 bits per heavy atom. The van der Waals surface area contributed by atoms with E-state index in [1.807, 2.05) is 20.2 Å². The predicted molar refractivity (Wildman–Crippen MR) is 74.0 cm³/mol. The number of hydrogen-bond donors (Lipinski definition) is 1. The zero-order chi connectivity index (χ0) is 12.3. The second kappa shape index (κ2) is 5.70. The Hall–Kier alpha value is -0.0900. The summed E-state index contributed by atoms with van der Waals surface area (Å²) in [6, 6.07) is 4.34. The summed E-state index contributed by atoms with van der Waals surface area (Å²) in [5, 5.41) is 3.42. The van der Waals surface area contributed by atoms with Crippen LogP contribution in [0.15, 0.2) is 12.1 Å². The summed E-state index contributed by atoms with van der Waals surface area (Å²) in [5.74, 6) is 0. The number of nitrogens with one attached hydrogen (secondary N) is 1. The molecule has 0 spiro atoms. The SMILES string of the molecule is CNC(c1ccc(Cl)s1)C1(OC)CCCCC1. The molecule has 2 rings (SSSR count). The minimum absolute atomic E-state index is 0.0544. The van der Waals surface area contributed by atoms with Crippen LogP contribution in [0.25, 0.3) is 0 Å². The zero-order valence-electron chi connectivity index (χ0n) is 10.5. The van der Waals surface area contributed by atoms with Crippen molar-refractivity contribution in [2.45, 2.75) is 43.7 Å². The number of likely N-dealkylation sites (N-methyl/N-ethyl adjacent to an activating group) is 1. The molecular formula is C13H20ClNOS. The van der Waals surface area contributed by atoms with Gasteiger partial charge in [0.2, 0.25) is 0 Å². The van der Waals surface area contributed by atoms with Crippen LogP contribution in [-0.4, -0.2) is 19.8 Å². The molecule has 0 bridgehead atoms. The maximum atomic E-state index is 6.04. The lowest BCUT2D eigenvalue weighted by Gasteiger charge is -2.42. The van der Waals surface area contributed by atoms with E-state index in [0.717, 1.165) is 17.2 Å². The summed E-state index contributed by atoms with van der Waals surface area (Å²) in [6.45, 7) is 0. The van der Waals surface area contributed by atoms with Gasteiger partial charge in [0, 0.05) is 12.0 Å². The average molecular weight is 274 g/mol. The topological polar surface area (TPSA) is 21.3 Å². The van der Waals surface area contributed by atoms with E-state index in [1.54, 1.807) is 11.3 Å². The van der Waals surface area contributed by atoms with Gasteiger partial charge in [0.25, 0.3) is 0 Å². The number of thiophene rings is 1. The lowest BCUT2D eigenvalue weighted by Crippen LogP contribution is -2.45. The van der Waals surface area contributed by atoms with Gasteiger partial charge in [0.15, 0.2) is 0 Å². The van der Waals surface area contributed by atoms with E-state index < -0.39 is 0 Å². The third kappa shape index (κ3) is 2.68. The van der Waals surface area contributed by atoms with Crippen LogP contribution in [0.1, 0.15) is 43.0 Å². The summed E-state index contributed by atoms with van der Waals surface area (Å²) in [5.41, 5.74) is -0.0544. The first kappa shape index (κ1) is 13.3. The largest absolute Gasteiger partial charge is 0.376 e. The fourth-order valence-electron chi connectivity index (χ4n) is 2.91. The van der Waals surface area contributed by atoms with Gasteiger partial charge in [-0.05, 0) is 32.0 Å². The second-order valence-corrected chi connectivity index (χ2v) is 6.44. The Bertz CT molecular complexity index is 360. The lowest BCUT2D eigenvalue weighted by molar-refractivity contribution is -0.0663. The third-order valence-electron chi connectivity index (χ3n) is 3.80. The maximum absolute atomic E-state index is 6.04. The molecule has 1 aromatic heterocycles. The van der Waals surface area contributed by atoms with Crippen molar-refractivity contribution in [3.63, 3.8) is 0 Å². The van der Waals surface area contributed by atoms with Crippen LogP contribution in [0, 0.1) is 0 Å². The Balaban J connectivity index is 2.26. The molecule has 4 heteroatoms. The van der Waals surface area contributed by atoms with E-state index >= 15 is 0 Å². The molecule has 2 nitrogen and oxygen atoms in total. The van der Waals surface area contributed by atoms with E-state index in [9.17, 15) is 0 Å². The van der Waals surface area contributed by atoms with Crippen LogP contribution in [0.3, 0.4) is 0 Å². The van der Waals surface area contributed by atoms with Crippen molar-refractivity contribution >= 4 is 22.9 Å². The van der Waals surface area contributed by atoms with E-state index in [0.29, 0.717) is 0 Å². The summed E-state index contributed by atoms with van der Waals surface area (Å²) in [6.07, 6.45) is 6.10. The molecule has 1 saturated carbocycles. The molecule has 1 aliphatic carbocycles. The number of halogens is 1. The first-order valence-electron chi connectivity index (χ1n) is 6.19. The molecule has 1 fully saturated rings. The highest BCUT2D eigenvalue weighted by Gasteiger charge is 2.40. The van der Waals surface area contributed by atoms with Crippen LogP contribution < -0.4 is 5.32 Å². The van der Waals surface area contributed by atoms with Gasteiger partial charge in [-0.15, -0.1) is 11.3 Å². The van der Waals surface area contributed by atoms with Crippen LogP contribution in [0.4, 0.5) is 0 Å². The predicted octanol–water partition coefficient (Wildman–Crippen LogP) is 4.01. The number of rotatable bonds is 4. The summed E-state index contributed by atoms with van der Waals surface area (Å²) < 4.78 is 6.75. The molecule has 96 valence electrons. The molecule has 1 N–H and O–H groups in total. The minimum Gasteiger partial charge on any atom is -0.376 e. The molecule has 0 aromatic carbocycles. The quantitative estimate of drug-likeness (QED) is 0.895. The molecule has 1 heterocycles. The Morgan fingerprint density at radius 2 is 2.06 bits per heavy atom. The highest BCUT2D eigenvalue weighted by molar-refractivity contribution is 7.16. The molecule has 17 heavy (non-hydrogen) atoms. The van der Waals surface area contributed by atoms with Gasteiger partial charge in [0.05, 0.1) is 16.0 Å². The fourth-order valence-corrected chi connectivity index (χ4v) is 4.19. The molecule has 1 aromatic rings. The standard InChI is InChI=1S/C13H20ClNOS/c1-15-12(10-6-7-11(14)17-10)13(16-2)8-4-3-5-9-13/h6-7,12,15H,3-5,8-9H2,1-2H3. The fraction of sp³-hybridized carbons (Fsp3) is 0.692. The van der Waals surface area contributed by atoms with Gasteiger partial charge in [0.1, 0.15) is 0 Å². The van der Waals surface area contributed by atoms with Gasteiger partial charge in [-0.3, -0.25) is 0 Å². The molecular weight excluding hydrogens is 254 g/mol. The average Bonchev–Trinajstić information content (AvgIpc) is 2.78. The van der Waals surface area contributed by atoms with Crippen LogP contribution >= 0.6 is 22.9 Å². The Morgan fingerprint density at radius 1 is 1.35 bits per heavy atom. The van der Waals surface area contributed by atoms with Crippen molar-refractivity contribution in [3.05, 3.63) is 21.3 Å². The molecule has 0 saturated heterocycles. The van der Waals surface area contributed by atoms with Gasteiger partial charge in [-0.1, -0.05) is 30.9 Å². The van der Waals surface area contributed by atoms with Crippen molar-refractivity contribution in [3.8, 4) is 0 Å². The van der Waals surface area contributed by atoms with Gasteiger partial charge in [-0.25, -0.2) is 0 Å². The van der Waals surface area contributed by atoms with E-state index in [4.69, 9.17) is 16.3 Å². The van der Waals surface area contributed by atoms with Gasteiger partial charge in [-0.2, -0.15) is 0 Å². The first-order chi connectivity index (χ1) is 8.22. The van der Waals surface area contributed by atoms with Crippen LogP contribution in [-0.2, 0) is 4.74 Å². The lowest BCUT2D eigenvalue weighted by atomic mass is 9.78. The highest BCUT2D eigenvalue weighted by Crippen LogP contribution is 2.43. The van der Waals surface area contributed by atoms with E-state index in [1.165, 1.54) is 24.1 Å². The first-order valence-corrected chi connectivity index (χ1v) is 7.39. The molecule has 0 amide bonds. The molecule has 1 atom stereocenters. The summed E-state index contributed by atoms with van der Waals surface area (Å²) >= 11 is 7.69. The van der Waals surface area contributed by atoms with E-state index in [-0.39, 0.29) is 11.6 Å². The van der Waals surface area contributed by atoms with Crippen LogP contribution in [0.5, 0.6) is 0 Å². The molecule has 0 aliphatic heterocycles. The minimum atomic E-state index is -0.0544. The normalized spacial score (nSPS) is 21.4. The Kier molecular flexibility index (Phi) is 4.47. The Labute approximate surface area is 112 Å². The summed E-state index contributed by atoms with van der Waals surface area (Å²) in [7, 11) is 3.85. The molecule has 1 unspecified atom stereocenters. The van der Waals surface area contributed by atoms with Crippen molar-refractivity contribution in [1.29, 1.82) is 0 Å². The van der Waals surface area contributed by atoms with Crippen LogP contribution in [0.2, 0.25) is 4.34 Å². The van der Waals surface area contributed by atoms with Crippen molar-refractivity contribution in [2.75, 3.05) is 14.2 Å². The monoisotopic (exact) mass is 273 g/mol. The molecule has 0 radical (unpaired) electrons. The summed E-state index contributed by atoms with van der Waals surface area (Å²) in [4.78, 5) is 1.28. The zero-order valence-corrected chi connectivity index (χ0v) is 12.0. The smallest absolute Gasteiger partial charge is 0.0931 e. The number of methoxy groups -OCH3 is 1. The number of hydrogen-bond acceptors (Lipinski definition) is 3. The van der Waals surface area contributed by atoms with Crippen molar-refractivity contribution in [2.24, 2.45) is 0 Å². The second-order valence-electron chi connectivity index (χ2n) is 4.69. The van der Waals surface area contributed by atoms with Gasteiger partial charge >= 0.3 is 0 Å². The maximum Gasteiger partial charge on any atom is 0.0931 e. The third-order valence-corrected chi connectivity index (χ3v) is 5.10. The van der Waals surface area contributed by atoms with Gasteiger partial charge < -0.3 is 10.1 Å². The van der Waals surface area contributed by atoms with Crippen molar-refractivity contribution < 1.29 is 4.74 Å². The molecule has 1 aliphatic rings. The highest BCUT2D eigenvalue weighted by atomic mass is 35.5. The number of ether oxygens (including phenoxy) is 1.